The fourth-order valence-corrected chi connectivity index (χ4v) is 4.17. The lowest BCUT2D eigenvalue weighted by Crippen LogP contribution is -2.32. The van der Waals surface area contributed by atoms with Crippen molar-refractivity contribution < 1.29 is 14.3 Å². The minimum Gasteiger partial charge on any atom is -0.493 e. The second-order valence-electron chi connectivity index (χ2n) is 5.75. The Hall–Kier alpha value is -1.50. The standard InChI is InChI=1S/C20H24ClNO3S2/c1-14(27-17-8-9-18(24-2)19(12-17)25-3)20(23)22-10-11-26-13-15-4-6-16(21)7-5-15/h4-9,12,14H,10-11,13H2,1-3H3,(H,22,23)/t14-/m0/s1. The predicted octanol–water partition coefficient (Wildman–Crippen LogP) is 4.89. The minimum absolute atomic E-state index is 0.0295. The molecule has 1 atom stereocenters. The Balaban J connectivity index is 1.71. The minimum atomic E-state index is -0.190. The molecule has 0 bridgehead atoms. The van der Waals surface area contributed by atoms with Crippen molar-refractivity contribution in [1.82, 2.24) is 5.32 Å². The van der Waals surface area contributed by atoms with Gasteiger partial charge in [-0.25, -0.2) is 0 Å². The molecular formula is C20H24ClNO3S2. The SMILES string of the molecule is COc1ccc(S[C@@H](C)C(=O)NCCSCc2ccc(Cl)cc2)cc1OC. The molecule has 4 nitrogen and oxygen atoms in total. The van der Waals surface area contributed by atoms with Crippen LogP contribution in [0.5, 0.6) is 11.5 Å². The average molecular weight is 426 g/mol. The van der Waals surface area contributed by atoms with Gasteiger partial charge in [0.15, 0.2) is 11.5 Å². The summed E-state index contributed by atoms with van der Waals surface area (Å²) in [6.07, 6.45) is 0. The molecule has 0 aliphatic heterocycles. The Bertz CT molecular complexity index is 741. The summed E-state index contributed by atoms with van der Waals surface area (Å²) in [7, 11) is 3.20. The van der Waals surface area contributed by atoms with Crippen LogP contribution in [0.3, 0.4) is 0 Å². The van der Waals surface area contributed by atoms with Crippen LogP contribution in [-0.2, 0) is 10.5 Å². The van der Waals surface area contributed by atoms with Crippen LogP contribution in [0.2, 0.25) is 5.02 Å². The van der Waals surface area contributed by atoms with Crippen molar-refractivity contribution in [2.24, 2.45) is 0 Å². The normalized spacial score (nSPS) is 11.7. The van der Waals surface area contributed by atoms with Gasteiger partial charge in [-0.1, -0.05) is 23.7 Å². The van der Waals surface area contributed by atoms with E-state index >= 15 is 0 Å². The molecule has 0 radical (unpaired) electrons. The van der Waals surface area contributed by atoms with E-state index < -0.39 is 0 Å². The van der Waals surface area contributed by atoms with Gasteiger partial charge in [0.05, 0.1) is 19.5 Å². The molecule has 7 heteroatoms. The van der Waals surface area contributed by atoms with Crippen molar-refractivity contribution in [3.05, 3.63) is 53.1 Å². The molecule has 0 spiro atoms. The fraction of sp³-hybridized carbons (Fsp3) is 0.350. The van der Waals surface area contributed by atoms with Crippen LogP contribution in [-0.4, -0.2) is 37.7 Å². The van der Waals surface area contributed by atoms with Crippen LogP contribution in [0.25, 0.3) is 0 Å². The number of hydrogen-bond donors (Lipinski definition) is 1. The molecule has 0 fully saturated rings. The fourth-order valence-electron chi connectivity index (χ4n) is 2.31. The van der Waals surface area contributed by atoms with Gasteiger partial charge in [0, 0.05) is 28.0 Å². The van der Waals surface area contributed by atoms with Gasteiger partial charge in [-0.3, -0.25) is 4.79 Å². The van der Waals surface area contributed by atoms with E-state index in [2.05, 4.69) is 5.32 Å². The van der Waals surface area contributed by atoms with Gasteiger partial charge in [0.1, 0.15) is 0 Å². The van der Waals surface area contributed by atoms with Crippen molar-refractivity contribution in [3.8, 4) is 11.5 Å². The number of halogens is 1. The number of carbonyl (C=O) groups is 1. The van der Waals surface area contributed by atoms with Crippen LogP contribution in [0, 0.1) is 0 Å². The van der Waals surface area contributed by atoms with E-state index in [1.54, 1.807) is 26.0 Å². The highest BCUT2D eigenvalue weighted by Crippen LogP contribution is 2.33. The summed E-state index contributed by atoms with van der Waals surface area (Å²) >= 11 is 9.16. The van der Waals surface area contributed by atoms with Crippen molar-refractivity contribution in [1.29, 1.82) is 0 Å². The molecule has 2 aromatic carbocycles. The third-order valence-electron chi connectivity index (χ3n) is 3.76. The lowest BCUT2D eigenvalue weighted by atomic mass is 10.2. The Labute approximate surface area is 174 Å². The molecule has 2 aromatic rings. The number of nitrogens with one attached hydrogen (secondary N) is 1. The highest BCUT2D eigenvalue weighted by atomic mass is 35.5. The van der Waals surface area contributed by atoms with Crippen molar-refractivity contribution in [2.45, 2.75) is 22.8 Å². The topological polar surface area (TPSA) is 47.6 Å². The molecule has 0 saturated heterocycles. The second-order valence-corrected chi connectivity index (χ2v) is 8.70. The van der Waals surface area contributed by atoms with Gasteiger partial charge in [-0.05, 0) is 42.8 Å². The first-order chi connectivity index (χ1) is 13.0. The first kappa shape index (κ1) is 21.8. The van der Waals surface area contributed by atoms with Gasteiger partial charge in [-0.2, -0.15) is 11.8 Å². The molecule has 146 valence electrons. The van der Waals surface area contributed by atoms with E-state index in [4.69, 9.17) is 21.1 Å². The number of hydrogen-bond acceptors (Lipinski definition) is 5. The maximum Gasteiger partial charge on any atom is 0.233 e. The van der Waals surface area contributed by atoms with Gasteiger partial charge >= 0.3 is 0 Å². The summed E-state index contributed by atoms with van der Waals surface area (Å²) in [5.41, 5.74) is 1.23. The Morgan fingerprint density at radius 3 is 2.48 bits per heavy atom. The van der Waals surface area contributed by atoms with Crippen molar-refractivity contribution in [3.63, 3.8) is 0 Å². The van der Waals surface area contributed by atoms with Crippen molar-refractivity contribution >= 4 is 41.0 Å². The lowest BCUT2D eigenvalue weighted by Gasteiger charge is -2.14. The van der Waals surface area contributed by atoms with Gasteiger partial charge < -0.3 is 14.8 Å². The average Bonchev–Trinajstić information content (AvgIpc) is 2.68. The Morgan fingerprint density at radius 2 is 1.81 bits per heavy atom. The van der Waals surface area contributed by atoms with E-state index in [-0.39, 0.29) is 11.2 Å². The molecular weight excluding hydrogens is 402 g/mol. The zero-order valence-corrected chi connectivity index (χ0v) is 18.0. The van der Waals surface area contributed by atoms with E-state index in [9.17, 15) is 4.79 Å². The third-order valence-corrected chi connectivity index (χ3v) is 6.14. The quantitative estimate of drug-likeness (QED) is 0.434. The highest BCUT2D eigenvalue weighted by Gasteiger charge is 2.15. The molecule has 0 aliphatic rings. The molecule has 0 aliphatic carbocycles. The number of benzene rings is 2. The predicted molar refractivity (Wildman–Crippen MR) is 115 cm³/mol. The number of rotatable bonds is 10. The highest BCUT2D eigenvalue weighted by molar-refractivity contribution is 8.00. The number of methoxy groups -OCH3 is 2. The smallest absolute Gasteiger partial charge is 0.233 e. The molecule has 0 saturated carbocycles. The molecule has 1 amide bonds. The van der Waals surface area contributed by atoms with Gasteiger partial charge in [0.2, 0.25) is 5.91 Å². The van der Waals surface area contributed by atoms with Crippen LogP contribution < -0.4 is 14.8 Å². The maximum atomic E-state index is 12.3. The first-order valence-electron chi connectivity index (χ1n) is 8.52. The number of thioether (sulfide) groups is 2. The first-order valence-corrected chi connectivity index (χ1v) is 10.9. The summed E-state index contributed by atoms with van der Waals surface area (Å²) in [6, 6.07) is 13.5. The van der Waals surface area contributed by atoms with Gasteiger partial charge in [0.25, 0.3) is 0 Å². The maximum absolute atomic E-state index is 12.3. The van der Waals surface area contributed by atoms with E-state index in [0.717, 1.165) is 21.4 Å². The van der Waals surface area contributed by atoms with Crippen LogP contribution in [0.1, 0.15) is 12.5 Å². The van der Waals surface area contributed by atoms with E-state index in [0.29, 0.717) is 18.0 Å². The van der Waals surface area contributed by atoms with Crippen LogP contribution in [0.15, 0.2) is 47.4 Å². The van der Waals surface area contributed by atoms with Crippen LogP contribution in [0.4, 0.5) is 0 Å². The lowest BCUT2D eigenvalue weighted by molar-refractivity contribution is -0.120. The number of carbonyl (C=O) groups excluding carboxylic acids is 1. The zero-order chi connectivity index (χ0) is 19.6. The Kier molecular flexibility index (Phi) is 9.18. The Morgan fingerprint density at radius 1 is 1.11 bits per heavy atom. The van der Waals surface area contributed by atoms with E-state index in [1.165, 1.54) is 17.3 Å². The summed E-state index contributed by atoms with van der Waals surface area (Å²) in [4.78, 5) is 13.2. The summed E-state index contributed by atoms with van der Waals surface area (Å²) in [5, 5.41) is 3.55. The third kappa shape index (κ3) is 7.20. The molecule has 0 heterocycles. The summed E-state index contributed by atoms with van der Waals surface area (Å²) < 4.78 is 10.5. The van der Waals surface area contributed by atoms with Crippen LogP contribution >= 0.6 is 35.1 Å². The molecule has 0 aromatic heterocycles. The second kappa shape index (κ2) is 11.4. The number of amides is 1. The number of ether oxygens (including phenoxy) is 2. The molecule has 0 unspecified atom stereocenters. The largest absolute Gasteiger partial charge is 0.493 e. The zero-order valence-electron chi connectivity index (χ0n) is 15.7. The van der Waals surface area contributed by atoms with E-state index in [1.807, 2.05) is 49.4 Å². The summed E-state index contributed by atoms with van der Waals surface area (Å²) in [6.45, 7) is 2.55. The summed E-state index contributed by atoms with van der Waals surface area (Å²) in [5.74, 6) is 3.14. The van der Waals surface area contributed by atoms with Crippen molar-refractivity contribution in [2.75, 3.05) is 26.5 Å². The molecule has 1 N–H and O–H groups in total. The molecule has 2 rings (SSSR count). The van der Waals surface area contributed by atoms with Gasteiger partial charge in [-0.15, -0.1) is 11.8 Å². The molecule has 27 heavy (non-hydrogen) atoms. The monoisotopic (exact) mass is 425 g/mol.